The van der Waals surface area contributed by atoms with Gasteiger partial charge in [-0.1, -0.05) is 18.2 Å². The second-order valence-corrected chi connectivity index (χ2v) is 8.56. The second-order valence-electron chi connectivity index (χ2n) is 7.70. The van der Waals surface area contributed by atoms with Crippen LogP contribution in [-0.4, -0.2) is 40.5 Å². The molecule has 3 aromatic heterocycles. The third-order valence-corrected chi connectivity index (χ3v) is 6.12. The number of benzene rings is 2. The van der Waals surface area contributed by atoms with Gasteiger partial charge in [0.1, 0.15) is 5.75 Å². The minimum Gasteiger partial charge on any atom is -0.497 e. The number of fused-ring (bicyclic) bond motifs is 1. The number of pyridine rings is 2. The Labute approximate surface area is 210 Å². The summed E-state index contributed by atoms with van der Waals surface area (Å²) in [5.74, 6) is -0.351. The van der Waals surface area contributed by atoms with Crippen molar-refractivity contribution in [3.05, 3.63) is 90.1 Å². The molecule has 0 saturated heterocycles. The van der Waals surface area contributed by atoms with Gasteiger partial charge in [-0.05, 0) is 48.5 Å². The smallest absolute Gasteiger partial charge is 0.339 e. The minimum atomic E-state index is -0.619. The highest BCUT2D eigenvalue weighted by Gasteiger charge is 2.17. The normalized spacial score (nSPS) is 10.7. The monoisotopic (exact) mass is 496 g/mol. The van der Waals surface area contributed by atoms with Crippen LogP contribution in [0.5, 0.6) is 5.75 Å². The lowest BCUT2D eigenvalue weighted by Crippen LogP contribution is -2.21. The number of carbonyl (C=O) groups excluding carboxylic acids is 2. The topological polar surface area (TPSA) is 103 Å². The van der Waals surface area contributed by atoms with E-state index in [4.69, 9.17) is 9.47 Å². The van der Waals surface area contributed by atoms with Crippen LogP contribution in [0.3, 0.4) is 0 Å². The lowest BCUT2D eigenvalue weighted by molar-refractivity contribution is -0.119. The Morgan fingerprint density at radius 3 is 2.56 bits per heavy atom. The van der Waals surface area contributed by atoms with Gasteiger partial charge in [-0.15, -0.1) is 11.3 Å². The van der Waals surface area contributed by atoms with E-state index in [-0.39, 0.29) is 0 Å². The summed E-state index contributed by atoms with van der Waals surface area (Å²) in [4.78, 5) is 38.6. The molecule has 0 atom stereocenters. The molecule has 0 radical (unpaired) electrons. The first-order valence-electron chi connectivity index (χ1n) is 11.0. The number of para-hydroxylation sites is 1. The summed E-state index contributed by atoms with van der Waals surface area (Å²) >= 11 is 1.29. The lowest BCUT2D eigenvalue weighted by Gasteiger charge is -2.10. The maximum atomic E-state index is 13.0. The van der Waals surface area contributed by atoms with E-state index < -0.39 is 18.5 Å². The van der Waals surface area contributed by atoms with Crippen LogP contribution in [0, 0.1) is 0 Å². The summed E-state index contributed by atoms with van der Waals surface area (Å²) in [7, 11) is 1.61. The van der Waals surface area contributed by atoms with Gasteiger partial charge in [-0.2, -0.15) is 0 Å². The van der Waals surface area contributed by atoms with Crippen molar-refractivity contribution >= 4 is 39.2 Å². The number of aromatic nitrogens is 3. The molecule has 8 nitrogen and oxygen atoms in total. The predicted octanol–water partition coefficient (Wildman–Crippen LogP) is 5.22. The number of ether oxygens (including phenoxy) is 2. The fraction of sp³-hybridized carbons (Fsp3) is 0.0741. The molecule has 0 fully saturated rings. The number of thiazole rings is 1. The fourth-order valence-electron chi connectivity index (χ4n) is 3.60. The number of amides is 1. The Morgan fingerprint density at radius 2 is 1.78 bits per heavy atom. The molecule has 36 heavy (non-hydrogen) atoms. The summed E-state index contributed by atoms with van der Waals surface area (Å²) in [6.07, 6.45) is 3.34. The fourth-order valence-corrected chi connectivity index (χ4v) is 4.33. The molecule has 5 aromatic rings. The molecule has 1 amide bonds. The number of nitrogens with zero attached hydrogens (tertiary/aromatic N) is 3. The molecule has 0 bridgehead atoms. The molecule has 0 aliphatic rings. The Hall–Kier alpha value is -4.63. The molecule has 0 unspecified atom stereocenters. The molecular formula is C27H20N4O4S. The van der Waals surface area contributed by atoms with Crippen molar-refractivity contribution in [3.63, 3.8) is 0 Å². The molecule has 9 heteroatoms. The zero-order valence-corrected chi connectivity index (χ0v) is 20.0. The summed E-state index contributed by atoms with van der Waals surface area (Å²) < 4.78 is 10.5. The number of hydrogen-bond donors (Lipinski definition) is 1. The lowest BCUT2D eigenvalue weighted by atomic mass is 10.1. The first-order chi connectivity index (χ1) is 17.6. The Balaban J connectivity index is 1.28. The highest BCUT2D eigenvalue weighted by atomic mass is 32.1. The first-order valence-corrected chi connectivity index (χ1v) is 11.9. The van der Waals surface area contributed by atoms with Gasteiger partial charge in [0.15, 0.2) is 11.7 Å². The van der Waals surface area contributed by atoms with Crippen LogP contribution in [0.15, 0.2) is 84.5 Å². The number of esters is 1. The van der Waals surface area contributed by atoms with E-state index >= 15 is 0 Å². The standard InChI is InChI=1S/C27H20N4O4S/c1-34-19-10-8-17(9-11-19)24-16-36-27(30-24)31-25(32)15-35-26(33)21-13-23(18-5-4-12-28-14-18)29-22-7-3-2-6-20(21)22/h2-14,16H,15H2,1H3,(H,30,31,32). The van der Waals surface area contributed by atoms with Crippen molar-refractivity contribution in [3.8, 4) is 28.3 Å². The third-order valence-electron chi connectivity index (χ3n) is 5.36. The highest BCUT2D eigenvalue weighted by Crippen LogP contribution is 2.27. The molecule has 0 saturated carbocycles. The molecule has 0 aliphatic carbocycles. The zero-order valence-electron chi connectivity index (χ0n) is 19.2. The van der Waals surface area contributed by atoms with E-state index in [0.29, 0.717) is 27.3 Å². The van der Waals surface area contributed by atoms with E-state index in [2.05, 4.69) is 20.3 Å². The van der Waals surface area contributed by atoms with Crippen molar-refractivity contribution < 1.29 is 19.1 Å². The summed E-state index contributed by atoms with van der Waals surface area (Å²) in [6, 6.07) is 20.1. The van der Waals surface area contributed by atoms with Crippen molar-refractivity contribution in [1.82, 2.24) is 15.0 Å². The number of rotatable bonds is 7. The van der Waals surface area contributed by atoms with Crippen molar-refractivity contribution in [1.29, 1.82) is 0 Å². The van der Waals surface area contributed by atoms with Crippen LogP contribution in [0.25, 0.3) is 33.4 Å². The summed E-state index contributed by atoms with van der Waals surface area (Å²) in [5, 5.41) is 5.57. The zero-order chi connectivity index (χ0) is 24.9. The Kier molecular flexibility index (Phi) is 6.63. The molecule has 0 spiro atoms. The van der Waals surface area contributed by atoms with Crippen LogP contribution < -0.4 is 10.1 Å². The van der Waals surface area contributed by atoms with Gasteiger partial charge in [0.2, 0.25) is 0 Å². The molecule has 0 aliphatic heterocycles. The number of anilines is 1. The Bertz CT molecular complexity index is 1540. The molecular weight excluding hydrogens is 476 g/mol. The molecule has 2 aromatic carbocycles. The Morgan fingerprint density at radius 1 is 0.944 bits per heavy atom. The van der Waals surface area contributed by atoms with Gasteiger partial charge >= 0.3 is 5.97 Å². The van der Waals surface area contributed by atoms with Crippen LogP contribution >= 0.6 is 11.3 Å². The first kappa shape index (κ1) is 23.1. The maximum absolute atomic E-state index is 13.0. The van der Waals surface area contributed by atoms with E-state index in [9.17, 15) is 9.59 Å². The van der Waals surface area contributed by atoms with Crippen LogP contribution in [0.1, 0.15) is 10.4 Å². The number of nitrogens with one attached hydrogen (secondary N) is 1. The molecule has 3 heterocycles. The third kappa shape index (κ3) is 5.06. The largest absolute Gasteiger partial charge is 0.497 e. The van der Waals surface area contributed by atoms with E-state index in [1.165, 1.54) is 11.3 Å². The van der Waals surface area contributed by atoms with E-state index in [1.807, 2.05) is 53.9 Å². The molecule has 5 rings (SSSR count). The molecule has 178 valence electrons. The second kappa shape index (κ2) is 10.3. The van der Waals surface area contributed by atoms with E-state index in [0.717, 1.165) is 22.6 Å². The SMILES string of the molecule is COc1ccc(-c2csc(NC(=O)COC(=O)c3cc(-c4cccnc4)nc4ccccc34)n2)cc1. The van der Waals surface area contributed by atoms with Gasteiger partial charge in [0.05, 0.1) is 29.6 Å². The quantitative estimate of drug-likeness (QED) is 0.308. The predicted molar refractivity (Wildman–Crippen MR) is 138 cm³/mol. The van der Waals surface area contributed by atoms with Gasteiger partial charge in [0, 0.05) is 34.3 Å². The van der Waals surface area contributed by atoms with Gasteiger partial charge in [0.25, 0.3) is 5.91 Å². The number of carbonyl (C=O) groups is 2. The summed E-state index contributed by atoms with van der Waals surface area (Å²) in [5.41, 5.74) is 3.94. The average Bonchev–Trinajstić information content (AvgIpc) is 3.40. The van der Waals surface area contributed by atoms with Crippen LogP contribution in [0.2, 0.25) is 0 Å². The summed E-state index contributed by atoms with van der Waals surface area (Å²) in [6.45, 7) is -0.449. The van der Waals surface area contributed by atoms with Crippen molar-refractivity contribution in [2.75, 3.05) is 19.0 Å². The van der Waals surface area contributed by atoms with Gasteiger partial charge in [-0.25, -0.2) is 14.8 Å². The minimum absolute atomic E-state index is 0.322. The number of methoxy groups -OCH3 is 1. The van der Waals surface area contributed by atoms with Gasteiger partial charge in [-0.3, -0.25) is 15.1 Å². The van der Waals surface area contributed by atoms with Crippen LogP contribution in [-0.2, 0) is 9.53 Å². The van der Waals surface area contributed by atoms with Crippen LogP contribution in [0.4, 0.5) is 5.13 Å². The van der Waals surface area contributed by atoms with Crippen molar-refractivity contribution in [2.45, 2.75) is 0 Å². The molecule has 1 N–H and O–H groups in total. The van der Waals surface area contributed by atoms with Gasteiger partial charge < -0.3 is 9.47 Å². The van der Waals surface area contributed by atoms with Crippen molar-refractivity contribution in [2.24, 2.45) is 0 Å². The number of hydrogen-bond acceptors (Lipinski definition) is 8. The maximum Gasteiger partial charge on any atom is 0.339 e. The van der Waals surface area contributed by atoms with E-state index in [1.54, 1.807) is 37.7 Å². The highest BCUT2D eigenvalue weighted by molar-refractivity contribution is 7.14. The average molecular weight is 497 g/mol.